The van der Waals surface area contributed by atoms with E-state index in [0.717, 1.165) is 17.7 Å². The highest BCUT2D eigenvalue weighted by Crippen LogP contribution is 2.43. The molecule has 1 aromatic heterocycles. The minimum Gasteiger partial charge on any atom is -0.508 e. The largest absolute Gasteiger partial charge is 0.508 e. The average Bonchev–Trinajstić information content (AvgIpc) is 3.24. The second-order valence-electron chi connectivity index (χ2n) is 6.39. The maximum atomic E-state index is 9.47. The van der Waals surface area contributed by atoms with Crippen LogP contribution in [0.1, 0.15) is 42.0 Å². The van der Waals surface area contributed by atoms with Crippen LogP contribution in [0.5, 0.6) is 5.75 Å². The third kappa shape index (κ3) is 2.52. The third-order valence-electron chi connectivity index (χ3n) is 5.06. The van der Waals surface area contributed by atoms with Crippen molar-refractivity contribution in [2.45, 2.75) is 31.6 Å². The second-order valence-corrected chi connectivity index (χ2v) is 6.39. The van der Waals surface area contributed by atoms with E-state index >= 15 is 0 Å². The van der Waals surface area contributed by atoms with Gasteiger partial charge in [-0.15, -0.1) is 0 Å². The first-order chi connectivity index (χ1) is 11.2. The Labute approximate surface area is 136 Å². The van der Waals surface area contributed by atoms with Crippen LogP contribution in [0.25, 0.3) is 11.1 Å². The van der Waals surface area contributed by atoms with Crippen molar-refractivity contribution < 1.29 is 5.11 Å². The summed E-state index contributed by atoms with van der Waals surface area (Å²) in [6, 6.07) is 14.2. The molecule has 4 rings (SSSR count). The number of aromatic hydroxyl groups is 1. The van der Waals surface area contributed by atoms with Crippen LogP contribution in [-0.2, 0) is 6.42 Å². The molecule has 0 radical (unpaired) electrons. The summed E-state index contributed by atoms with van der Waals surface area (Å²) in [5.41, 5.74) is 6.40. The lowest BCUT2D eigenvalue weighted by molar-refractivity contribution is 0.475. The number of aryl methyl sites for hydroxylation is 1. The number of H-pyrrole nitrogens is 1. The number of fused-ring (bicyclic) bond motifs is 1. The van der Waals surface area contributed by atoms with Crippen LogP contribution in [0.15, 0.2) is 55.0 Å². The van der Waals surface area contributed by atoms with Gasteiger partial charge in [0.1, 0.15) is 5.75 Å². The summed E-state index contributed by atoms with van der Waals surface area (Å²) in [6.07, 6.45) is 6.09. The summed E-state index contributed by atoms with van der Waals surface area (Å²) in [5.74, 6) is 1.24. The number of rotatable bonds is 3. The van der Waals surface area contributed by atoms with E-state index in [-0.39, 0.29) is 0 Å². The van der Waals surface area contributed by atoms with Gasteiger partial charge in [-0.1, -0.05) is 37.3 Å². The van der Waals surface area contributed by atoms with E-state index in [2.05, 4.69) is 35.1 Å². The fraction of sp³-hybridized carbons (Fsp3) is 0.250. The molecular weight excluding hydrogens is 284 g/mol. The lowest BCUT2D eigenvalue weighted by atomic mass is 9.85. The van der Waals surface area contributed by atoms with Gasteiger partial charge < -0.3 is 10.1 Å². The Balaban J connectivity index is 1.70. The Morgan fingerprint density at radius 3 is 2.65 bits per heavy atom. The predicted molar refractivity (Wildman–Crippen MR) is 91.6 cm³/mol. The molecule has 2 unspecified atom stereocenters. The molecular formula is C20H20N2O. The molecule has 0 fully saturated rings. The molecule has 0 bridgehead atoms. The van der Waals surface area contributed by atoms with Gasteiger partial charge >= 0.3 is 0 Å². The monoisotopic (exact) mass is 304 g/mol. The second kappa shape index (κ2) is 5.58. The highest BCUT2D eigenvalue weighted by Gasteiger charge is 2.29. The average molecular weight is 304 g/mol. The van der Waals surface area contributed by atoms with Gasteiger partial charge in [-0.25, -0.2) is 4.98 Å². The predicted octanol–water partition coefficient (Wildman–Crippen LogP) is 4.62. The molecule has 116 valence electrons. The molecule has 1 heterocycles. The number of phenolic OH excluding ortho intramolecular Hbond substituents is 1. The SMILES string of the molecule is CC(c1c[nH]cn1)C1CCc2ccc(-c3ccc(O)cc3)cc21. The minimum atomic E-state index is 0.306. The Kier molecular flexibility index (Phi) is 3.41. The molecule has 0 aliphatic heterocycles. The Morgan fingerprint density at radius 2 is 1.91 bits per heavy atom. The van der Waals surface area contributed by atoms with Crippen LogP contribution in [0.4, 0.5) is 0 Å². The first-order valence-electron chi connectivity index (χ1n) is 8.13. The molecule has 0 spiro atoms. The number of phenols is 1. The molecule has 2 N–H and O–H groups in total. The quantitative estimate of drug-likeness (QED) is 0.742. The molecule has 3 nitrogen and oxygen atoms in total. The first-order valence-corrected chi connectivity index (χ1v) is 8.13. The zero-order valence-electron chi connectivity index (χ0n) is 13.2. The summed E-state index contributed by atoms with van der Waals surface area (Å²) in [6.45, 7) is 2.27. The molecule has 2 aromatic carbocycles. The topological polar surface area (TPSA) is 48.9 Å². The zero-order valence-corrected chi connectivity index (χ0v) is 13.2. The van der Waals surface area contributed by atoms with Gasteiger partial charge in [0, 0.05) is 12.1 Å². The van der Waals surface area contributed by atoms with Crippen LogP contribution in [0, 0.1) is 0 Å². The molecule has 3 aromatic rings. The van der Waals surface area contributed by atoms with E-state index in [1.807, 2.05) is 18.3 Å². The van der Waals surface area contributed by atoms with Gasteiger partial charge in [0.2, 0.25) is 0 Å². The van der Waals surface area contributed by atoms with Crippen molar-refractivity contribution in [2.24, 2.45) is 0 Å². The number of nitrogens with zero attached hydrogens (tertiary/aromatic N) is 1. The van der Waals surface area contributed by atoms with Gasteiger partial charge in [0.05, 0.1) is 12.0 Å². The molecule has 23 heavy (non-hydrogen) atoms. The Morgan fingerprint density at radius 1 is 1.13 bits per heavy atom. The normalized spacial score (nSPS) is 17.9. The van der Waals surface area contributed by atoms with Crippen molar-refractivity contribution >= 4 is 0 Å². The van der Waals surface area contributed by atoms with Crippen molar-refractivity contribution in [2.75, 3.05) is 0 Å². The number of benzene rings is 2. The van der Waals surface area contributed by atoms with Gasteiger partial charge in [0.15, 0.2) is 0 Å². The summed E-state index contributed by atoms with van der Waals surface area (Å²) >= 11 is 0. The molecule has 0 saturated heterocycles. The summed E-state index contributed by atoms with van der Waals surface area (Å²) in [4.78, 5) is 7.51. The molecule has 2 atom stereocenters. The maximum absolute atomic E-state index is 9.47. The highest BCUT2D eigenvalue weighted by molar-refractivity contribution is 5.66. The summed E-state index contributed by atoms with van der Waals surface area (Å²) in [7, 11) is 0. The van der Waals surface area contributed by atoms with Crippen molar-refractivity contribution in [3.05, 3.63) is 71.8 Å². The third-order valence-corrected chi connectivity index (χ3v) is 5.06. The van der Waals surface area contributed by atoms with Crippen LogP contribution in [0.3, 0.4) is 0 Å². The van der Waals surface area contributed by atoms with E-state index in [1.54, 1.807) is 18.5 Å². The smallest absolute Gasteiger partial charge is 0.115 e. The van der Waals surface area contributed by atoms with Gasteiger partial charge in [-0.2, -0.15) is 0 Å². The molecule has 3 heteroatoms. The number of aromatic nitrogens is 2. The first kappa shape index (κ1) is 14.1. The summed E-state index contributed by atoms with van der Waals surface area (Å²) < 4.78 is 0. The van der Waals surface area contributed by atoms with E-state index < -0.39 is 0 Å². The number of aromatic amines is 1. The fourth-order valence-corrected chi connectivity index (χ4v) is 3.71. The van der Waals surface area contributed by atoms with E-state index in [1.165, 1.54) is 23.1 Å². The molecule has 0 amide bonds. The minimum absolute atomic E-state index is 0.306. The number of hydrogen-bond acceptors (Lipinski definition) is 2. The van der Waals surface area contributed by atoms with E-state index in [0.29, 0.717) is 17.6 Å². The van der Waals surface area contributed by atoms with Crippen molar-refractivity contribution in [1.82, 2.24) is 9.97 Å². The van der Waals surface area contributed by atoms with Crippen molar-refractivity contribution in [3.63, 3.8) is 0 Å². The fourth-order valence-electron chi connectivity index (χ4n) is 3.71. The number of imidazole rings is 1. The summed E-state index contributed by atoms with van der Waals surface area (Å²) in [5, 5.41) is 9.47. The van der Waals surface area contributed by atoms with Gasteiger partial charge in [0.25, 0.3) is 0 Å². The zero-order chi connectivity index (χ0) is 15.8. The lowest BCUT2D eigenvalue weighted by Crippen LogP contribution is -2.05. The number of hydrogen-bond donors (Lipinski definition) is 2. The van der Waals surface area contributed by atoms with E-state index in [4.69, 9.17) is 0 Å². The van der Waals surface area contributed by atoms with Crippen molar-refractivity contribution in [1.29, 1.82) is 0 Å². The Bertz CT molecular complexity index is 806. The standard InChI is InChI=1S/C20H20N2O/c1-13(20-11-21-12-22-20)18-9-6-15-2-3-16(10-19(15)18)14-4-7-17(23)8-5-14/h2-5,7-8,10-13,18,23H,6,9H2,1H3,(H,21,22). The van der Waals surface area contributed by atoms with Crippen molar-refractivity contribution in [3.8, 4) is 16.9 Å². The molecule has 1 aliphatic rings. The van der Waals surface area contributed by atoms with Crippen LogP contribution in [-0.4, -0.2) is 15.1 Å². The Hall–Kier alpha value is -2.55. The van der Waals surface area contributed by atoms with Crippen LogP contribution >= 0.6 is 0 Å². The van der Waals surface area contributed by atoms with E-state index in [9.17, 15) is 5.11 Å². The lowest BCUT2D eigenvalue weighted by Gasteiger charge is -2.19. The van der Waals surface area contributed by atoms with Crippen LogP contribution in [0.2, 0.25) is 0 Å². The molecule has 1 aliphatic carbocycles. The van der Waals surface area contributed by atoms with Gasteiger partial charge in [-0.05, 0) is 53.1 Å². The van der Waals surface area contributed by atoms with Gasteiger partial charge in [-0.3, -0.25) is 0 Å². The maximum Gasteiger partial charge on any atom is 0.115 e. The highest BCUT2D eigenvalue weighted by atomic mass is 16.3. The molecule has 0 saturated carbocycles. The number of nitrogens with one attached hydrogen (secondary N) is 1. The van der Waals surface area contributed by atoms with Crippen LogP contribution < -0.4 is 0 Å².